The number of halogens is 1. The van der Waals surface area contributed by atoms with E-state index in [2.05, 4.69) is 51.5 Å². The normalized spacial score (nSPS) is 12.1. The van der Waals surface area contributed by atoms with Gasteiger partial charge < -0.3 is 5.32 Å². The zero-order valence-corrected chi connectivity index (χ0v) is 14.0. The molecule has 110 valence electrons. The van der Waals surface area contributed by atoms with Crippen molar-refractivity contribution in [3.63, 3.8) is 0 Å². The summed E-state index contributed by atoms with van der Waals surface area (Å²) in [5, 5.41) is 20.9. The van der Waals surface area contributed by atoms with Crippen molar-refractivity contribution < 1.29 is 0 Å². The van der Waals surface area contributed by atoms with Gasteiger partial charge in [-0.15, -0.1) is 5.10 Å². The second-order valence-corrected chi connectivity index (χ2v) is 5.57. The molecule has 1 aromatic heterocycles. The molecule has 0 saturated carbocycles. The molecule has 1 N–H and O–H groups in total. The van der Waals surface area contributed by atoms with Crippen molar-refractivity contribution in [1.82, 2.24) is 20.3 Å². The van der Waals surface area contributed by atoms with Crippen LogP contribution in [0.5, 0.6) is 0 Å². The van der Waals surface area contributed by atoms with Gasteiger partial charge in [0.25, 0.3) is 0 Å². The van der Waals surface area contributed by atoms with E-state index in [1.165, 1.54) is 0 Å². The first kappa shape index (κ1) is 15.7. The van der Waals surface area contributed by atoms with Gasteiger partial charge in [0, 0.05) is 4.47 Å². The van der Waals surface area contributed by atoms with Crippen LogP contribution in [-0.4, -0.2) is 22.0 Å². The van der Waals surface area contributed by atoms with E-state index in [0.29, 0.717) is 5.56 Å². The highest BCUT2D eigenvalue weighted by Gasteiger charge is 2.20. The van der Waals surface area contributed by atoms with Gasteiger partial charge >= 0.3 is 0 Å². The molecule has 1 aromatic carbocycles. The Morgan fingerprint density at radius 1 is 1.43 bits per heavy atom. The summed E-state index contributed by atoms with van der Waals surface area (Å²) < 4.78 is 2.69. The SMILES string of the molecule is CCc1c(C(CC)NC)nnn1-c1ccc(C#N)cc1Br. The average Bonchev–Trinajstić information content (AvgIpc) is 2.92. The Labute approximate surface area is 133 Å². The first-order valence-corrected chi connectivity index (χ1v) is 7.77. The van der Waals surface area contributed by atoms with E-state index in [-0.39, 0.29) is 6.04 Å². The fraction of sp³-hybridized carbons (Fsp3) is 0.400. The highest BCUT2D eigenvalue weighted by atomic mass is 79.9. The minimum atomic E-state index is 0.200. The van der Waals surface area contributed by atoms with Crippen molar-refractivity contribution in [2.45, 2.75) is 32.7 Å². The summed E-state index contributed by atoms with van der Waals surface area (Å²) in [6, 6.07) is 7.81. The van der Waals surface area contributed by atoms with Crippen LogP contribution < -0.4 is 5.32 Å². The summed E-state index contributed by atoms with van der Waals surface area (Å²) >= 11 is 3.51. The molecule has 0 amide bonds. The minimum absolute atomic E-state index is 0.200. The number of nitriles is 1. The van der Waals surface area contributed by atoms with E-state index in [9.17, 15) is 0 Å². The van der Waals surface area contributed by atoms with E-state index < -0.39 is 0 Å². The topological polar surface area (TPSA) is 66.5 Å². The van der Waals surface area contributed by atoms with Crippen LogP contribution in [0.15, 0.2) is 22.7 Å². The van der Waals surface area contributed by atoms with Crippen LogP contribution in [0.25, 0.3) is 5.69 Å². The van der Waals surface area contributed by atoms with Crippen molar-refractivity contribution in [1.29, 1.82) is 5.26 Å². The van der Waals surface area contributed by atoms with E-state index >= 15 is 0 Å². The third kappa shape index (κ3) is 2.99. The number of benzene rings is 1. The summed E-state index contributed by atoms with van der Waals surface area (Å²) in [5.74, 6) is 0. The van der Waals surface area contributed by atoms with Crippen LogP contribution in [0.2, 0.25) is 0 Å². The molecule has 0 fully saturated rings. The monoisotopic (exact) mass is 347 g/mol. The van der Waals surface area contributed by atoms with Gasteiger partial charge in [-0.3, -0.25) is 0 Å². The summed E-state index contributed by atoms with van der Waals surface area (Å²) in [5.41, 5.74) is 3.58. The van der Waals surface area contributed by atoms with E-state index in [1.54, 1.807) is 12.1 Å². The van der Waals surface area contributed by atoms with Crippen molar-refractivity contribution in [2.24, 2.45) is 0 Å². The molecule has 0 aliphatic heterocycles. The number of nitrogens with one attached hydrogen (secondary N) is 1. The molecule has 0 saturated heterocycles. The van der Waals surface area contributed by atoms with E-state index in [4.69, 9.17) is 5.26 Å². The molecule has 0 spiro atoms. The van der Waals surface area contributed by atoms with Crippen LogP contribution in [0, 0.1) is 11.3 Å². The summed E-state index contributed by atoms with van der Waals surface area (Å²) in [6.07, 6.45) is 1.80. The Morgan fingerprint density at radius 3 is 2.71 bits per heavy atom. The highest BCUT2D eigenvalue weighted by Crippen LogP contribution is 2.26. The second-order valence-electron chi connectivity index (χ2n) is 4.71. The molecule has 0 bridgehead atoms. The van der Waals surface area contributed by atoms with E-state index in [0.717, 1.165) is 34.4 Å². The lowest BCUT2D eigenvalue weighted by Crippen LogP contribution is -2.17. The molecule has 2 aromatic rings. The average molecular weight is 348 g/mol. The zero-order valence-electron chi connectivity index (χ0n) is 12.4. The lowest BCUT2D eigenvalue weighted by Gasteiger charge is -2.13. The molecular formula is C15H18BrN5. The molecule has 0 aliphatic carbocycles. The fourth-order valence-electron chi connectivity index (χ4n) is 2.39. The molecule has 2 rings (SSSR count). The Balaban J connectivity index is 2.53. The molecule has 0 aliphatic rings. The lowest BCUT2D eigenvalue weighted by atomic mass is 10.1. The predicted octanol–water partition coefficient (Wildman–Crippen LogP) is 3.13. The van der Waals surface area contributed by atoms with Crippen molar-refractivity contribution in [3.8, 4) is 11.8 Å². The van der Waals surface area contributed by atoms with Gasteiger partial charge in [0.2, 0.25) is 0 Å². The van der Waals surface area contributed by atoms with Gasteiger partial charge in [0.15, 0.2) is 0 Å². The maximum absolute atomic E-state index is 8.95. The van der Waals surface area contributed by atoms with Crippen LogP contribution in [0.4, 0.5) is 0 Å². The molecule has 1 atom stereocenters. The van der Waals surface area contributed by atoms with Crippen LogP contribution >= 0.6 is 15.9 Å². The molecule has 6 heteroatoms. The van der Waals surface area contributed by atoms with Gasteiger partial charge in [-0.2, -0.15) is 5.26 Å². The van der Waals surface area contributed by atoms with Gasteiger partial charge in [-0.1, -0.05) is 19.1 Å². The first-order chi connectivity index (χ1) is 10.2. The maximum Gasteiger partial charge on any atom is 0.103 e. The maximum atomic E-state index is 8.95. The fourth-order valence-corrected chi connectivity index (χ4v) is 2.94. The Morgan fingerprint density at radius 2 is 2.19 bits per heavy atom. The molecular weight excluding hydrogens is 330 g/mol. The Kier molecular flexibility index (Phi) is 5.10. The van der Waals surface area contributed by atoms with Crippen LogP contribution in [0.1, 0.15) is 43.3 Å². The Hall–Kier alpha value is -1.71. The third-order valence-electron chi connectivity index (χ3n) is 3.52. The smallest absolute Gasteiger partial charge is 0.103 e. The largest absolute Gasteiger partial charge is 0.312 e. The minimum Gasteiger partial charge on any atom is -0.312 e. The van der Waals surface area contributed by atoms with Gasteiger partial charge in [0.1, 0.15) is 5.69 Å². The second kappa shape index (κ2) is 6.83. The van der Waals surface area contributed by atoms with Gasteiger partial charge in [0.05, 0.1) is 29.1 Å². The first-order valence-electron chi connectivity index (χ1n) is 6.97. The highest BCUT2D eigenvalue weighted by molar-refractivity contribution is 9.10. The number of nitrogens with zero attached hydrogens (tertiary/aromatic N) is 4. The van der Waals surface area contributed by atoms with Crippen LogP contribution in [0.3, 0.4) is 0 Å². The molecule has 0 radical (unpaired) electrons. The third-order valence-corrected chi connectivity index (χ3v) is 4.16. The number of rotatable bonds is 5. The summed E-state index contributed by atoms with van der Waals surface area (Å²) in [6.45, 7) is 4.22. The Bertz CT molecular complexity index is 667. The molecule has 21 heavy (non-hydrogen) atoms. The zero-order chi connectivity index (χ0) is 15.4. The summed E-state index contributed by atoms with van der Waals surface area (Å²) in [7, 11) is 1.93. The molecule has 1 heterocycles. The van der Waals surface area contributed by atoms with Crippen molar-refractivity contribution in [3.05, 3.63) is 39.6 Å². The molecule has 1 unspecified atom stereocenters. The quantitative estimate of drug-likeness (QED) is 0.902. The van der Waals surface area contributed by atoms with Crippen molar-refractivity contribution in [2.75, 3.05) is 7.05 Å². The van der Waals surface area contributed by atoms with E-state index in [1.807, 2.05) is 17.8 Å². The molecule has 5 nitrogen and oxygen atoms in total. The number of hydrogen-bond acceptors (Lipinski definition) is 4. The summed E-state index contributed by atoms with van der Waals surface area (Å²) in [4.78, 5) is 0. The lowest BCUT2D eigenvalue weighted by molar-refractivity contribution is 0.555. The standard InChI is InChI=1S/C15H18BrN5/c1-4-12(18-3)15-13(5-2)21(20-19-15)14-7-6-10(9-17)8-11(14)16/h6-8,12,18H,4-5H2,1-3H3. The van der Waals surface area contributed by atoms with Crippen LogP contribution in [-0.2, 0) is 6.42 Å². The van der Waals surface area contributed by atoms with Gasteiger partial charge in [-0.25, -0.2) is 4.68 Å². The van der Waals surface area contributed by atoms with Gasteiger partial charge in [-0.05, 0) is 54.0 Å². The van der Waals surface area contributed by atoms with Crippen molar-refractivity contribution >= 4 is 15.9 Å². The number of aromatic nitrogens is 3. The predicted molar refractivity (Wildman–Crippen MR) is 85.2 cm³/mol. The number of hydrogen-bond donors (Lipinski definition) is 1.